The number of amides is 1. The highest BCUT2D eigenvalue weighted by atomic mass is 35.5. The van der Waals surface area contributed by atoms with E-state index in [2.05, 4.69) is 14.5 Å². The number of pyridine rings is 1. The first-order valence-electron chi connectivity index (χ1n) is 9.42. The van der Waals surface area contributed by atoms with E-state index in [1.165, 1.54) is 6.26 Å². The minimum Gasteiger partial charge on any atom is -0.461 e. The number of benzene rings is 1. The number of nitrogens with zero attached hydrogens (tertiary/aromatic N) is 4. The second kappa shape index (κ2) is 8.84. The lowest BCUT2D eigenvalue weighted by molar-refractivity contribution is -0.697. The quantitative estimate of drug-likeness (QED) is 0.354. The Labute approximate surface area is 174 Å². The zero-order valence-corrected chi connectivity index (χ0v) is 16.5. The van der Waals surface area contributed by atoms with Crippen molar-refractivity contribution in [2.45, 2.75) is 19.4 Å². The van der Waals surface area contributed by atoms with Gasteiger partial charge in [-0.1, -0.05) is 23.7 Å². The summed E-state index contributed by atoms with van der Waals surface area (Å²) in [5.74, 6) is 1.10. The fourth-order valence-electron chi connectivity index (χ4n) is 3.14. The monoisotopic (exact) mass is 407 g/mol. The molecule has 1 aromatic carbocycles. The van der Waals surface area contributed by atoms with Crippen LogP contribution in [-0.4, -0.2) is 27.3 Å². The number of rotatable bonds is 6. The van der Waals surface area contributed by atoms with Gasteiger partial charge in [0.05, 0.1) is 5.56 Å². The molecule has 0 saturated heterocycles. The maximum absolute atomic E-state index is 12.8. The molecule has 6 nitrogen and oxygen atoms in total. The van der Waals surface area contributed by atoms with Crippen LogP contribution in [-0.2, 0) is 6.54 Å². The van der Waals surface area contributed by atoms with Gasteiger partial charge in [-0.05, 0) is 24.6 Å². The van der Waals surface area contributed by atoms with Gasteiger partial charge >= 0.3 is 0 Å². The lowest BCUT2D eigenvalue weighted by atomic mass is 10.1. The summed E-state index contributed by atoms with van der Waals surface area (Å²) in [6.45, 7) is 1.37. The molecule has 3 aromatic rings. The standard InChI is InChI=1S/C22H20ClN4O2/c23-20-16-29-19-7-2-1-6-18(19)22(28)27(20)13-4-3-12-26-14-8-17(9-15-26)21-24-10-5-11-25-21/h1-2,5-11,14-16H,3-4,12-13H2/q+1. The summed E-state index contributed by atoms with van der Waals surface area (Å²) in [7, 11) is 0. The smallest absolute Gasteiger partial charge is 0.262 e. The molecular formula is C22H20ClN4O2+. The molecule has 3 heterocycles. The lowest BCUT2D eigenvalue weighted by Gasteiger charge is -2.19. The first kappa shape index (κ1) is 19.1. The van der Waals surface area contributed by atoms with Gasteiger partial charge in [0.1, 0.15) is 23.7 Å². The van der Waals surface area contributed by atoms with Crippen molar-refractivity contribution in [3.8, 4) is 17.1 Å². The fraction of sp³-hybridized carbons (Fsp3) is 0.182. The molecule has 1 amide bonds. The van der Waals surface area contributed by atoms with E-state index in [1.54, 1.807) is 35.5 Å². The minimum absolute atomic E-state index is 0.140. The summed E-state index contributed by atoms with van der Waals surface area (Å²) in [6.07, 6.45) is 10.6. The van der Waals surface area contributed by atoms with Crippen LogP contribution in [0, 0.1) is 0 Å². The van der Waals surface area contributed by atoms with Crippen LogP contribution >= 0.6 is 11.6 Å². The number of ether oxygens (including phenoxy) is 1. The Morgan fingerprint density at radius 2 is 1.76 bits per heavy atom. The van der Waals surface area contributed by atoms with Gasteiger partial charge in [-0.15, -0.1) is 0 Å². The molecule has 0 bridgehead atoms. The number of halogens is 1. The highest BCUT2D eigenvalue weighted by Gasteiger charge is 2.24. The van der Waals surface area contributed by atoms with Crippen molar-refractivity contribution in [2.75, 3.05) is 6.54 Å². The number of aryl methyl sites for hydroxylation is 1. The zero-order valence-electron chi connectivity index (χ0n) is 15.7. The van der Waals surface area contributed by atoms with E-state index in [0.29, 0.717) is 28.8 Å². The molecular weight excluding hydrogens is 388 g/mol. The SMILES string of the molecule is O=C1c2ccccc2OC=C(Cl)N1CCCC[n+]1ccc(-c2ncccn2)cc1. The highest BCUT2D eigenvalue weighted by Crippen LogP contribution is 2.27. The van der Waals surface area contributed by atoms with Crippen molar-refractivity contribution < 1.29 is 14.1 Å². The summed E-state index contributed by atoms with van der Waals surface area (Å²) < 4.78 is 7.62. The molecule has 0 radical (unpaired) electrons. The molecule has 29 heavy (non-hydrogen) atoms. The largest absolute Gasteiger partial charge is 0.461 e. The van der Waals surface area contributed by atoms with Crippen LogP contribution < -0.4 is 9.30 Å². The molecule has 0 aliphatic carbocycles. The van der Waals surface area contributed by atoms with E-state index in [1.807, 2.05) is 36.7 Å². The maximum Gasteiger partial charge on any atom is 0.262 e. The van der Waals surface area contributed by atoms with Gasteiger partial charge in [-0.3, -0.25) is 9.69 Å². The molecule has 0 saturated carbocycles. The topological polar surface area (TPSA) is 59.2 Å². The number of fused-ring (bicyclic) bond motifs is 1. The van der Waals surface area contributed by atoms with Crippen LogP contribution in [0.5, 0.6) is 5.75 Å². The second-order valence-electron chi connectivity index (χ2n) is 6.62. The van der Waals surface area contributed by atoms with Gasteiger partial charge in [0.25, 0.3) is 5.91 Å². The van der Waals surface area contributed by atoms with Crippen LogP contribution in [0.2, 0.25) is 0 Å². The number of unbranched alkanes of at least 4 members (excludes halogenated alkanes) is 1. The maximum atomic E-state index is 12.8. The molecule has 0 spiro atoms. The number of para-hydroxylation sites is 1. The van der Waals surface area contributed by atoms with Crippen molar-refractivity contribution in [1.29, 1.82) is 0 Å². The third kappa shape index (κ3) is 4.43. The average Bonchev–Trinajstić information content (AvgIpc) is 2.89. The van der Waals surface area contributed by atoms with Gasteiger partial charge < -0.3 is 4.74 Å². The summed E-state index contributed by atoms with van der Waals surface area (Å²) >= 11 is 6.27. The Balaban J connectivity index is 1.33. The molecule has 4 rings (SSSR count). The second-order valence-corrected chi connectivity index (χ2v) is 7.00. The fourth-order valence-corrected chi connectivity index (χ4v) is 3.35. The summed E-state index contributed by atoms with van der Waals surface area (Å²) in [5, 5.41) is 0.297. The van der Waals surface area contributed by atoms with Gasteiger partial charge in [0.15, 0.2) is 18.2 Å². The Morgan fingerprint density at radius 3 is 2.55 bits per heavy atom. The number of carbonyl (C=O) groups is 1. The van der Waals surface area contributed by atoms with Crippen LogP contribution in [0.4, 0.5) is 0 Å². The van der Waals surface area contributed by atoms with E-state index in [9.17, 15) is 4.79 Å². The van der Waals surface area contributed by atoms with Gasteiger partial charge in [-0.2, -0.15) is 0 Å². The van der Waals surface area contributed by atoms with Crippen LogP contribution in [0.25, 0.3) is 11.4 Å². The van der Waals surface area contributed by atoms with Crippen molar-refractivity contribution in [3.05, 3.63) is 84.2 Å². The summed E-state index contributed by atoms with van der Waals surface area (Å²) in [6, 6.07) is 13.0. The molecule has 0 N–H and O–H groups in total. The van der Waals surface area contributed by atoms with E-state index in [4.69, 9.17) is 16.3 Å². The Bertz CT molecular complexity index is 1020. The first-order chi connectivity index (χ1) is 14.2. The van der Waals surface area contributed by atoms with Crippen LogP contribution in [0.1, 0.15) is 23.2 Å². The zero-order chi connectivity index (χ0) is 20.1. The van der Waals surface area contributed by atoms with Gasteiger partial charge in [-0.25, -0.2) is 14.5 Å². The minimum atomic E-state index is -0.140. The average molecular weight is 408 g/mol. The van der Waals surface area contributed by atoms with Crippen molar-refractivity contribution in [2.24, 2.45) is 0 Å². The van der Waals surface area contributed by atoms with Crippen molar-refractivity contribution in [1.82, 2.24) is 14.9 Å². The third-order valence-corrected chi connectivity index (χ3v) is 4.96. The molecule has 0 unspecified atom stereocenters. The number of aromatic nitrogens is 3. The number of hydrogen-bond acceptors (Lipinski definition) is 4. The molecule has 2 aromatic heterocycles. The Morgan fingerprint density at radius 1 is 1.00 bits per heavy atom. The number of carbonyl (C=O) groups excluding carboxylic acids is 1. The third-order valence-electron chi connectivity index (χ3n) is 4.67. The first-order valence-corrected chi connectivity index (χ1v) is 9.80. The van der Waals surface area contributed by atoms with Crippen molar-refractivity contribution in [3.63, 3.8) is 0 Å². The molecule has 146 valence electrons. The Kier molecular flexibility index (Phi) is 5.81. The molecule has 0 atom stereocenters. The van der Waals surface area contributed by atoms with Crippen LogP contribution in [0.15, 0.2) is 78.7 Å². The molecule has 1 aliphatic heterocycles. The Hall–Kier alpha value is -3.25. The highest BCUT2D eigenvalue weighted by molar-refractivity contribution is 6.30. The van der Waals surface area contributed by atoms with E-state index in [0.717, 1.165) is 24.9 Å². The normalized spacial score (nSPS) is 13.3. The number of hydrogen-bond donors (Lipinski definition) is 0. The van der Waals surface area contributed by atoms with Crippen molar-refractivity contribution >= 4 is 17.5 Å². The van der Waals surface area contributed by atoms with Gasteiger partial charge in [0.2, 0.25) is 0 Å². The van der Waals surface area contributed by atoms with Crippen LogP contribution in [0.3, 0.4) is 0 Å². The predicted molar refractivity (Wildman–Crippen MR) is 109 cm³/mol. The summed E-state index contributed by atoms with van der Waals surface area (Å²) in [5.41, 5.74) is 1.50. The molecule has 1 aliphatic rings. The van der Waals surface area contributed by atoms with Gasteiger partial charge in [0, 0.05) is 43.1 Å². The summed E-state index contributed by atoms with van der Waals surface area (Å²) in [4.78, 5) is 22.9. The predicted octanol–water partition coefficient (Wildman–Crippen LogP) is 3.78. The van der Waals surface area contributed by atoms with E-state index >= 15 is 0 Å². The molecule has 0 fully saturated rings. The lowest BCUT2D eigenvalue weighted by Crippen LogP contribution is -2.34. The molecule has 7 heteroatoms. The van der Waals surface area contributed by atoms with E-state index < -0.39 is 0 Å². The van der Waals surface area contributed by atoms with E-state index in [-0.39, 0.29) is 5.91 Å².